The number of aromatic amines is 1. The predicted octanol–water partition coefficient (Wildman–Crippen LogP) is 2.32. The minimum absolute atomic E-state index is 0.160. The first kappa shape index (κ1) is 20.8. The van der Waals surface area contributed by atoms with Crippen molar-refractivity contribution in [2.45, 2.75) is 38.2 Å². The van der Waals surface area contributed by atoms with Crippen molar-refractivity contribution in [3.05, 3.63) is 53.7 Å². The monoisotopic (exact) mass is 441 g/mol. The second-order valence-electron chi connectivity index (χ2n) is 8.94. The molecule has 0 unspecified atom stereocenters. The van der Waals surface area contributed by atoms with Crippen LogP contribution in [0.25, 0.3) is 10.2 Å². The van der Waals surface area contributed by atoms with Crippen molar-refractivity contribution in [2.24, 2.45) is 0 Å². The highest BCUT2D eigenvalue weighted by atomic mass is 32.1. The second-order valence-corrected chi connectivity index (χ2v) is 15.4. The summed E-state index contributed by atoms with van der Waals surface area (Å²) in [5.41, 5.74) is 1.44. The molecule has 8 heteroatoms. The number of carbonyl (C=O) groups excluding carboxylic acids is 2. The predicted molar refractivity (Wildman–Crippen MR) is 123 cm³/mol. The minimum atomic E-state index is -1.40. The van der Waals surface area contributed by atoms with Gasteiger partial charge in [0.25, 0.3) is 5.91 Å². The van der Waals surface area contributed by atoms with Crippen LogP contribution in [-0.2, 0) is 11.2 Å². The lowest BCUT2D eigenvalue weighted by Gasteiger charge is -2.38. The van der Waals surface area contributed by atoms with Gasteiger partial charge < -0.3 is 20.3 Å². The van der Waals surface area contributed by atoms with Gasteiger partial charge in [0, 0.05) is 24.9 Å². The Hall–Kier alpha value is -2.42. The fourth-order valence-corrected chi connectivity index (χ4v) is 6.48. The van der Waals surface area contributed by atoms with E-state index in [-0.39, 0.29) is 11.8 Å². The van der Waals surface area contributed by atoms with Crippen LogP contribution in [0.3, 0.4) is 0 Å². The molecule has 4 rings (SSSR count). The van der Waals surface area contributed by atoms with Gasteiger partial charge in [-0.3, -0.25) is 9.59 Å². The van der Waals surface area contributed by atoms with Crippen LogP contribution in [0.4, 0.5) is 0 Å². The van der Waals surface area contributed by atoms with Crippen LogP contribution in [0.2, 0.25) is 19.6 Å². The van der Waals surface area contributed by atoms with E-state index in [9.17, 15) is 14.7 Å². The van der Waals surface area contributed by atoms with Gasteiger partial charge in [0.05, 0.1) is 14.2 Å². The molecule has 1 aliphatic heterocycles. The Morgan fingerprint density at radius 3 is 2.53 bits per heavy atom. The van der Waals surface area contributed by atoms with Crippen molar-refractivity contribution >= 4 is 45.9 Å². The van der Waals surface area contributed by atoms with E-state index in [2.05, 4.69) is 36.0 Å². The summed E-state index contributed by atoms with van der Waals surface area (Å²) >= 11 is 1.71. The Balaban J connectivity index is 1.52. The number of fused-ring (bicyclic) bond motifs is 1. The number of aromatic nitrogens is 1. The Morgan fingerprint density at radius 1 is 1.23 bits per heavy atom. The van der Waals surface area contributed by atoms with Gasteiger partial charge in [-0.25, -0.2) is 0 Å². The van der Waals surface area contributed by atoms with E-state index in [1.54, 1.807) is 16.2 Å². The zero-order valence-electron chi connectivity index (χ0n) is 17.4. The molecular formula is C22H27N3O3SSi. The van der Waals surface area contributed by atoms with E-state index in [1.165, 1.54) is 4.50 Å². The SMILES string of the molecule is C[Si](C)(C)c1cc2cc(C(=O)N[C@@H](Cc3ccccc3)C(=O)N3CC(O)C3)[nH]c2s1. The van der Waals surface area contributed by atoms with Gasteiger partial charge in [-0.1, -0.05) is 50.0 Å². The molecule has 0 bridgehead atoms. The maximum atomic E-state index is 12.9. The number of nitrogens with zero attached hydrogens (tertiary/aromatic N) is 1. The van der Waals surface area contributed by atoms with E-state index in [4.69, 9.17) is 0 Å². The minimum Gasteiger partial charge on any atom is -0.389 e. The number of thiophene rings is 1. The topological polar surface area (TPSA) is 85.4 Å². The van der Waals surface area contributed by atoms with E-state index < -0.39 is 20.2 Å². The highest BCUT2D eigenvalue weighted by molar-refractivity contribution is 7.31. The van der Waals surface area contributed by atoms with Crippen molar-refractivity contribution < 1.29 is 14.7 Å². The lowest BCUT2D eigenvalue weighted by atomic mass is 10.0. The first-order valence-corrected chi connectivity index (χ1v) is 14.5. The summed E-state index contributed by atoms with van der Waals surface area (Å²) in [5, 5.41) is 13.5. The number of β-amino-alcohol motifs (C(OH)–C–C–N with tert-alkyl or cyclic N) is 1. The summed E-state index contributed by atoms with van der Waals surface area (Å²) in [5.74, 6) is -0.449. The Labute approximate surface area is 180 Å². The molecule has 1 fully saturated rings. The van der Waals surface area contributed by atoms with Gasteiger partial charge in [0.2, 0.25) is 5.91 Å². The molecule has 1 aromatic carbocycles. The largest absolute Gasteiger partial charge is 0.389 e. The number of aliphatic hydroxyl groups excluding tert-OH is 1. The molecule has 6 nitrogen and oxygen atoms in total. The maximum Gasteiger partial charge on any atom is 0.268 e. The van der Waals surface area contributed by atoms with Crippen molar-refractivity contribution in [1.82, 2.24) is 15.2 Å². The summed E-state index contributed by atoms with van der Waals surface area (Å²) in [6.45, 7) is 7.54. The number of aliphatic hydroxyl groups is 1. The molecule has 3 heterocycles. The van der Waals surface area contributed by atoms with E-state index in [0.29, 0.717) is 25.2 Å². The smallest absolute Gasteiger partial charge is 0.268 e. The molecule has 2 aromatic heterocycles. The third kappa shape index (κ3) is 4.35. The molecule has 0 saturated carbocycles. The average Bonchev–Trinajstić information content (AvgIpc) is 3.24. The molecule has 158 valence electrons. The summed E-state index contributed by atoms with van der Waals surface area (Å²) < 4.78 is 1.39. The molecule has 1 atom stereocenters. The second kappa shape index (κ2) is 8.01. The maximum absolute atomic E-state index is 12.9. The zero-order valence-corrected chi connectivity index (χ0v) is 19.3. The van der Waals surface area contributed by atoms with Gasteiger partial charge in [0.1, 0.15) is 16.6 Å². The van der Waals surface area contributed by atoms with Crippen molar-refractivity contribution in [3.63, 3.8) is 0 Å². The number of carbonyl (C=O) groups is 2. The van der Waals surface area contributed by atoms with E-state index >= 15 is 0 Å². The summed E-state index contributed by atoms with van der Waals surface area (Å²) in [6.07, 6.45) is -0.0647. The summed E-state index contributed by atoms with van der Waals surface area (Å²) in [4.78, 5) is 31.7. The van der Waals surface area contributed by atoms with Gasteiger partial charge in [0.15, 0.2) is 0 Å². The highest BCUT2D eigenvalue weighted by Gasteiger charge is 2.34. The van der Waals surface area contributed by atoms with Gasteiger partial charge in [-0.2, -0.15) is 0 Å². The normalized spacial score (nSPS) is 15.8. The van der Waals surface area contributed by atoms with Crippen LogP contribution < -0.4 is 9.82 Å². The molecular weight excluding hydrogens is 414 g/mol. The first-order chi connectivity index (χ1) is 14.2. The molecule has 30 heavy (non-hydrogen) atoms. The number of rotatable bonds is 6. The van der Waals surface area contributed by atoms with Gasteiger partial charge in [-0.05, 0) is 22.2 Å². The third-order valence-electron chi connectivity index (χ3n) is 5.35. The molecule has 0 spiro atoms. The Morgan fingerprint density at radius 2 is 1.93 bits per heavy atom. The number of amides is 2. The standard InChI is InChI=1S/C22H27N3O3SSi/c1-30(2,3)19-11-15-10-17(24-21(15)29-19)20(27)23-18(9-14-7-5-4-6-8-14)22(28)25-12-16(26)13-25/h4-8,10-11,16,18,24,26H,9,12-13H2,1-3H3,(H,23,27)/t18-/m0/s1. The number of likely N-dealkylation sites (tertiary alicyclic amines) is 1. The number of nitrogens with one attached hydrogen (secondary N) is 2. The molecule has 2 amide bonds. The lowest BCUT2D eigenvalue weighted by molar-refractivity contribution is -0.143. The quantitative estimate of drug-likeness (QED) is 0.513. The summed E-state index contributed by atoms with van der Waals surface area (Å²) in [6, 6.07) is 13.0. The highest BCUT2D eigenvalue weighted by Crippen LogP contribution is 2.23. The fourth-order valence-electron chi connectivity index (χ4n) is 3.56. The molecule has 3 N–H and O–H groups in total. The number of hydrogen-bond acceptors (Lipinski definition) is 4. The van der Waals surface area contributed by atoms with E-state index in [1.807, 2.05) is 36.4 Å². The van der Waals surface area contributed by atoms with Gasteiger partial charge >= 0.3 is 0 Å². The average molecular weight is 442 g/mol. The number of benzene rings is 1. The summed E-state index contributed by atoms with van der Waals surface area (Å²) in [7, 11) is -1.40. The van der Waals surface area contributed by atoms with Crippen LogP contribution >= 0.6 is 11.3 Å². The Kier molecular flexibility index (Phi) is 5.57. The van der Waals surface area contributed by atoms with Crippen molar-refractivity contribution in [1.29, 1.82) is 0 Å². The Bertz CT molecular complexity index is 1030. The van der Waals surface area contributed by atoms with Crippen LogP contribution in [0.15, 0.2) is 42.5 Å². The molecule has 1 aliphatic rings. The molecule has 1 saturated heterocycles. The van der Waals surface area contributed by atoms with Crippen LogP contribution in [0.5, 0.6) is 0 Å². The van der Waals surface area contributed by atoms with Crippen LogP contribution in [0, 0.1) is 0 Å². The fraction of sp³-hybridized carbons (Fsp3) is 0.364. The first-order valence-electron chi connectivity index (χ1n) is 10.2. The zero-order chi connectivity index (χ0) is 21.5. The molecule has 0 radical (unpaired) electrons. The molecule has 0 aliphatic carbocycles. The number of H-pyrrole nitrogens is 1. The van der Waals surface area contributed by atoms with Crippen LogP contribution in [0.1, 0.15) is 16.1 Å². The number of hydrogen-bond donors (Lipinski definition) is 3. The van der Waals surface area contributed by atoms with Crippen molar-refractivity contribution in [2.75, 3.05) is 13.1 Å². The third-order valence-corrected chi connectivity index (χ3v) is 10.00. The van der Waals surface area contributed by atoms with Crippen molar-refractivity contribution in [3.8, 4) is 0 Å². The molecule has 3 aromatic rings. The van der Waals surface area contributed by atoms with E-state index in [0.717, 1.165) is 15.8 Å². The van der Waals surface area contributed by atoms with Gasteiger partial charge in [-0.15, -0.1) is 11.3 Å². The lowest BCUT2D eigenvalue weighted by Crippen LogP contribution is -2.59. The van der Waals surface area contributed by atoms with Crippen LogP contribution in [-0.4, -0.2) is 60.1 Å².